The summed E-state index contributed by atoms with van der Waals surface area (Å²) >= 11 is 12.5. The number of methoxy groups -OCH3 is 1. The van der Waals surface area contributed by atoms with Crippen LogP contribution in [0.4, 0.5) is 5.69 Å². The summed E-state index contributed by atoms with van der Waals surface area (Å²) in [5.74, 6) is -0.528. The first kappa shape index (κ1) is 34.8. The van der Waals surface area contributed by atoms with E-state index >= 15 is 0 Å². The van der Waals surface area contributed by atoms with Crippen LogP contribution in [0.15, 0.2) is 108 Å². The third-order valence-electron chi connectivity index (χ3n) is 7.56. The Balaban J connectivity index is 1.83. The topological polar surface area (TPSA) is 96.0 Å². The lowest BCUT2D eigenvalue weighted by molar-refractivity contribution is -0.140. The number of benzene rings is 4. The van der Waals surface area contributed by atoms with Gasteiger partial charge in [0.2, 0.25) is 11.8 Å². The van der Waals surface area contributed by atoms with Crippen LogP contribution in [0.2, 0.25) is 10.0 Å². The fourth-order valence-electron chi connectivity index (χ4n) is 4.84. The van der Waals surface area contributed by atoms with Crippen LogP contribution in [-0.4, -0.2) is 50.9 Å². The van der Waals surface area contributed by atoms with Gasteiger partial charge in [-0.1, -0.05) is 90.8 Å². The summed E-state index contributed by atoms with van der Waals surface area (Å²) in [4.78, 5) is 29.9. The Kier molecular flexibility index (Phi) is 12.1. The smallest absolute Gasteiger partial charge is 0.264 e. The monoisotopic (exact) mass is 681 g/mol. The lowest BCUT2D eigenvalue weighted by Crippen LogP contribution is -2.54. The number of anilines is 1. The van der Waals surface area contributed by atoms with Crippen molar-refractivity contribution in [3.8, 4) is 5.75 Å². The van der Waals surface area contributed by atoms with Gasteiger partial charge in [0.1, 0.15) is 18.3 Å². The van der Waals surface area contributed by atoms with Gasteiger partial charge in [-0.3, -0.25) is 13.9 Å². The predicted octanol–water partition coefficient (Wildman–Crippen LogP) is 6.75. The number of ether oxygens (including phenoxy) is 1. The number of carbonyl (C=O) groups is 2. The van der Waals surface area contributed by atoms with Crippen LogP contribution in [-0.2, 0) is 32.6 Å². The molecule has 0 aliphatic heterocycles. The first-order valence-corrected chi connectivity index (χ1v) is 17.0. The lowest BCUT2D eigenvalue weighted by atomic mass is 10.0. The molecular weight excluding hydrogens is 645 g/mol. The first-order chi connectivity index (χ1) is 22.0. The molecular formula is C35H37Cl2N3O5S. The molecule has 0 spiro atoms. The maximum absolute atomic E-state index is 14.6. The Hall–Kier alpha value is -4.05. The Morgan fingerprint density at radius 1 is 0.848 bits per heavy atom. The van der Waals surface area contributed by atoms with Crippen molar-refractivity contribution in [2.45, 2.75) is 50.2 Å². The molecule has 2 atom stereocenters. The van der Waals surface area contributed by atoms with Gasteiger partial charge in [0.05, 0.1) is 27.7 Å². The maximum Gasteiger partial charge on any atom is 0.264 e. The average Bonchev–Trinajstić information content (AvgIpc) is 3.07. The zero-order valence-electron chi connectivity index (χ0n) is 25.9. The summed E-state index contributed by atoms with van der Waals surface area (Å²) in [7, 11) is -2.75. The number of hydrogen-bond donors (Lipinski definition) is 1. The minimum atomic E-state index is -4.23. The highest BCUT2D eigenvalue weighted by molar-refractivity contribution is 7.92. The average molecular weight is 683 g/mol. The molecule has 4 rings (SSSR count). The van der Waals surface area contributed by atoms with E-state index in [-0.39, 0.29) is 35.5 Å². The highest BCUT2D eigenvalue weighted by Crippen LogP contribution is 2.29. The van der Waals surface area contributed by atoms with Crippen LogP contribution in [0, 0.1) is 0 Å². The zero-order valence-corrected chi connectivity index (χ0v) is 28.2. The number of sulfonamides is 1. The van der Waals surface area contributed by atoms with Crippen LogP contribution in [0.25, 0.3) is 0 Å². The SMILES string of the molecule is CC[C@H](C)NC(=O)[C@@H](Cc1ccccc1)N(Cc1ccc(Cl)c(Cl)c1)C(=O)CN(c1cccc(OC)c1)S(=O)(=O)c1ccccc1. The molecule has 0 aromatic heterocycles. The number of hydrogen-bond acceptors (Lipinski definition) is 5. The molecule has 8 nitrogen and oxygen atoms in total. The van der Waals surface area contributed by atoms with E-state index in [1.807, 2.05) is 44.2 Å². The molecule has 4 aromatic carbocycles. The van der Waals surface area contributed by atoms with Crippen molar-refractivity contribution in [2.75, 3.05) is 18.0 Å². The third-order valence-corrected chi connectivity index (χ3v) is 10.1. The highest BCUT2D eigenvalue weighted by atomic mass is 35.5. The molecule has 0 saturated carbocycles. The molecule has 4 aromatic rings. The minimum absolute atomic E-state index is 0.0111. The van der Waals surface area contributed by atoms with E-state index in [9.17, 15) is 18.0 Å². The van der Waals surface area contributed by atoms with Crippen molar-refractivity contribution >= 4 is 50.7 Å². The van der Waals surface area contributed by atoms with E-state index in [4.69, 9.17) is 27.9 Å². The Morgan fingerprint density at radius 3 is 2.15 bits per heavy atom. The summed E-state index contributed by atoms with van der Waals surface area (Å²) in [5, 5.41) is 3.66. The fourth-order valence-corrected chi connectivity index (χ4v) is 6.59. The number of carbonyl (C=O) groups excluding carboxylic acids is 2. The van der Waals surface area contributed by atoms with Crippen molar-refractivity contribution in [2.24, 2.45) is 0 Å². The molecule has 1 N–H and O–H groups in total. The molecule has 0 saturated heterocycles. The molecule has 242 valence electrons. The normalized spacial score (nSPS) is 12.5. The van der Waals surface area contributed by atoms with E-state index in [2.05, 4.69) is 5.32 Å². The Bertz CT molecular complexity index is 1740. The van der Waals surface area contributed by atoms with E-state index in [0.29, 0.717) is 27.8 Å². The van der Waals surface area contributed by atoms with Crippen molar-refractivity contribution in [1.82, 2.24) is 10.2 Å². The van der Waals surface area contributed by atoms with Gasteiger partial charge in [-0.15, -0.1) is 0 Å². The van der Waals surface area contributed by atoms with Gasteiger partial charge >= 0.3 is 0 Å². The molecule has 0 radical (unpaired) electrons. The third kappa shape index (κ3) is 8.81. The second-order valence-electron chi connectivity index (χ2n) is 10.8. The van der Waals surface area contributed by atoms with E-state index < -0.39 is 28.5 Å². The molecule has 11 heteroatoms. The van der Waals surface area contributed by atoms with Gasteiger partial charge in [0.25, 0.3) is 10.0 Å². The van der Waals surface area contributed by atoms with Gasteiger partial charge in [-0.25, -0.2) is 8.42 Å². The van der Waals surface area contributed by atoms with Crippen LogP contribution >= 0.6 is 23.2 Å². The summed E-state index contributed by atoms with van der Waals surface area (Å²) in [6.45, 7) is 3.22. The van der Waals surface area contributed by atoms with Crippen LogP contribution in [0.3, 0.4) is 0 Å². The van der Waals surface area contributed by atoms with E-state index in [0.717, 1.165) is 9.87 Å². The van der Waals surface area contributed by atoms with Crippen LogP contribution in [0.5, 0.6) is 5.75 Å². The number of nitrogens with zero attached hydrogens (tertiary/aromatic N) is 2. The van der Waals surface area contributed by atoms with Crippen molar-refractivity contribution in [3.05, 3.63) is 124 Å². The molecule has 2 amide bonds. The van der Waals surface area contributed by atoms with Gasteiger partial charge < -0.3 is 15.0 Å². The summed E-state index contributed by atoms with van der Waals surface area (Å²) < 4.78 is 34.6. The summed E-state index contributed by atoms with van der Waals surface area (Å²) in [6.07, 6.45) is 0.879. The summed E-state index contributed by atoms with van der Waals surface area (Å²) in [6, 6.07) is 27.6. The second kappa shape index (κ2) is 16.0. The standard InChI is InChI=1S/C35H37Cl2N3O5S/c1-4-25(2)38-35(42)33(21-26-12-7-5-8-13-26)39(23-27-18-19-31(36)32(37)20-27)34(41)24-40(28-14-11-15-29(22-28)45-3)46(43,44)30-16-9-6-10-17-30/h5-20,22,25,33H,4,21,23-24H2,1-3H3,(H,38,42)/t25-,33+/m0/s1. The molecule has 46 heavy (non-hydrogen) atoms. The predicted molar refractivity (Wildman–Crippen MR) is 183 cm³/mol. The Morgan fingerprint density at radius 2 is 1.52 bits per heavy atom. The van der Waals surface area contributed by atoms with Crippen molar-refractivity contribution < 1.29 is 22.7 Å². The van der Waals surface area contributed by atoms with Gasteiger partial charge in [-0.05, 0) is 60.9 Å². The quantitative estimate of drug-likeness (QED) is 0.159. The van der Waals surface area contributed by atoms with Crippen LogP contribution in [0.1, 0.15) is 31.4 Å². The van der Waals surface area contributed by atoms with Crippen molar-refractivity contribution in [1.29, 1.82) is 0 Å². The number of amides is 2. The fraction of sp³-hybridized carbons (Fsp3) is 0.257. The van der Waals surface area contributed by atoms with Crippen molar-refractivity contribution in [3.63, 3.8) is 0 Å². The Labute approximate surface area is 280 Å². The summed E-state index contributed by atoms with van der Waals surface area (Å²) in [5.41, 5.74) is 1.69. The second-order valence-corrected chi connectivity index (χ2v) is 13.5. The molecule has 0 heterocycles. The van der Waals surface area contributed by atoms with Gasteiger partial charge in [-0.2, -0.15) is 0 Å². The van der Waals surface area contributed by atoms with Crippen LogP contribution < -0.4 is 14.4 Å². The van der Waals surface area contributed by atoms with E-state index in [1.165, 1.54) is 24.1 Å². The molecule has 0 unspecified atom stereocenters. The molecule has 0 bridgehead atoms. The maximum atomic E-state index is 14.6. The van der Waals surface area contributed by atoms with E-state index in [1.54, 1.807) is 60.7 Å². The minimum Gasteiger partial charge on any atom is -0.497 e. The van der Waals surface area contributed by atoms with Gasteiger partial charge in [0.15, 0.2) is 0 Å². The molecule has 0 aliphatic rings. The largest absolute Gasteiger partial charge is 0.497 e. The highest BCUT2D eigenvalue weighted by Gasteiger charge is 2.35. The number of rotatable bonds is 14. The number of halogens is 2. The number of nitrogens with one attached hydrogen (secondary N) is 1. The first-order valence-electron chi connectivity index (χ1n) is 14.8. The molecule has 0 fully saturated rings. The zero-order chi connectivity index (χ0) is 33.3. The van der Waals surface area contributed by atoms with Gasteiger partial charge in [0, 0.05) is 25.1 Å². The molecule has 0 aliphatic carbocycles. The lowest BCUT2D eigenvalue weighted by Gasteiger charge is -2.34.